The average Bonchev–Trinajstić information content (AvgIpc) is 2.71. The summed E-state index contributed by atoms with van der Waals surface area (Å²) >= 11 is 4.82. The molecule has 8 heteroatoms. The predicted octanol–water partition coefficient (Wildman–Crippen LogP) is 3.83. The fraction of sp³-hybridized carbons (Fsp3) is 0.600. The number of ether oxygens (including phenoxy) is 3. The summed E-state index contributed by atoms with van der Waals surface area (Å²) in [6.45, 7) is 7.83. The zero-order chi connectivity index (χ0) is 19.8. The Balaban J connectivity index is 1.53. The van der Waals surface area contributed by atoms with Gasteiger partial charge in [-0.05, 0) is 5.56 Å². The van der Waals surface area contributed by atoms with Crippen molar-refractivity contribution in [2.45, 2.75) is 63.3 Å². The zero-order valence-corrected chi connectivity index (χ0v) is 17.7. The Morgan fingerprint density at radius 3 is 2.93 bits per heavy atom. The summed E-state index contributed by atoms with van der Waals surface area (Å²) in [5.74, 6) is 0. The minimum atomic E-state index is -0.394. The van der Waals surface area contributed by atoms with Crippen molar-refractivity contribution in [1.29, 1.82) is 0 Å². The molecule has 28 heavy (non-hydrogen) atoms. The Morgan fingerprint density at radius 1 is 1.25 bits per heavy atom. The van der Waals surface area contributed by atoms with Crippen molar-refractivity contribution in [3.63, 3.8) is 0 Å². The van der Waals surface area contributed by atoms with Crippen molar-refractivity contribution in [2.24, 2.45) is 0 Å². The molecule has 0 aliphatic carbocycles. The van der Waals surface area contributed by atoms with E-state index in [2.05, 4.69) is 6.58 Å². The summed E-state index contributed by atoms with van der Waals surface area (Å²) in [6, 6.07) is 7.71. The number of aliphatic hydroxyl groups excluding tert-OH is 1. The van der Waals surface area contributed by atoms with Crippen LogP contribution in [-0.2, 0) is 37.3 Å². The van der Waals surface area contributed by atoms with Crippen LogP contribution in [0.15, 0.2) is 36.4 Å². The molecule has 0 amide bonds. The van der Waals surface area contributed by atoms with Crippen LogP contribution >= 0.6 is 6.85 Å². The van der Waals surface area contributed by atoms with E-state index in [1.807, 2.05) is 24.3 Å². The van der Waals surface area contributed by atoms with Gasteiger partial charge in [-0.25, -0.2) is 0 Å². The van der Waals surface area contributed by atoms with Gasteiger partial charge in [0.15, 0.2) is 0 Å². The molecule has 0 aromatic heterocycles. The first-order chi connectivity index (χ1) is 13.7. The van der Waals surface area contributed by atoms with Gasteiger partial charge in [0, 0.05) is 0 Å². The van der Waals surface area contributed by atoms with E-state index in [9.17, 15) is 5.11 Å². The second-order valence-electron chi connectivity index (χ2n) is 7.30. The quantitative estimate of drug-likeness (QED) is 0.298. The van der Waals surface area contributed by atoms with Gasteiger partial charge >= 0.3 is 144 Å². The third-order valence-corrected chi connectivity index (χ3v) is 5.54. The van der Waals surface area contributed by atoms with E-state index in [-0.39, 0.29) is 24.9 Å². The summed E-state index contributed by atoms with van der Waals surface area (Å²) in [4.78, 5) is 0. The molecule has 4 atom stereocenters. The summed E-state index contributed by atoms with van der Waals surface area (Å²) in [6.07, 6.45) is 4.21. The molecule has 0 unspecified atom stereocenters. The van der Waals surface area contributed by atoms with E-state index in [0.29, 0.717) is 13.2 Å². The maximum atomic E-state index is 9.35. The predicted molar refractivity (Wildman–Crippen MR) is 113 cm³/mol. The van der Waals surface area contributed by atoms with Crippen molar-refractivity contribution >= 4 is 25.5 Å². The molecule has 150 valence electrons. The fourth-order valence-corrected chi connectivity index (χ4v) is 4.10. The van der Waals surface area contributed by atoms with Gasteiger partial charge in [0.05, 0.1) is 6.61 Å². The normalized spacial score (nSPS) is 28.0. The fourth-order valence-electron chi connectivity index (χ4n) is 3.76. The topological polar surface area (TPSA) is 57.2 Å². The van der Waals surface area contributed by atoms with Crippen LogP contribution in [0.5, 0.6) is 0 Å². The molecule has 0 spiro atoms. The van der Waals surface area contributed by atoms with Crippen LogP contribution in [0.2, 0.25) is 0 Å². The van der Waals surface area contributed by atoms with E-state index in [4.69, 9.17) is 30.7 Å². The summed E-state index contributed by atoms with van der Waals surface area (Å²) in [7, 11) is 0. The first-order valence-electron chi connectivity index (χ1n) is 9.72. The van der Waals surface area contributed by atoms with E-state index in [1.165, 1.54) is 5.57 Å². The molecule has 5 nitrogen and oxygen atoms in total. The third-order valence-electron chi connectivity index (χ3n) is 5.05. The van der Waals surface area contributed by atoms with Gasteiger partial charge in [-0.2, -0.15) is 0 Å². The number of hydrogen-bond acceptors (Lipinski definition) is 6. The van der Waals surface area contributed by atoms with Gasteiger partial charge in [0.1, 0.15) is 0 Å². The first kappa shape index (κ1) is 22.2. The summed E-state index contributed by atoms with van der Waals surface area (Å²) < 4.78 is 23.7. The molecule has 3 rings (SSSR count). The Labute approximate surface area is 173 Å². The van der Waals surface area contributed by atoms with Crippen molar-refractivity contribution in [2.75, 3.05) is 13.2 Å². The van der Waals surface area contributed by atoms with Gasteiger partial charge in [-0.1, -0.05) is 12.1 Å². The van der Waals surface area contributed by atoms with E-state index < -0.39 is 6.29 Å². The van der Waals surface area contributed by atoms with Gasteiger partial charge in [-0.3, -0.25) is 0 Å². The SMILES string of the molecule is C=C1C[C@H](C[C@@H]2CCO[C@H](c3cccc(CO)c3)O2)O[C@@H](CCOB=[P+]=S)C1. The Morgan fingerprint density at radius 2 is 2.11 bits per heavy atom. The van der Waals surface area contributed by atoms with Crippen LogP contribution in [0.3, 0.4) is 0 Å². The van der Waals surface area contributed by atoms with Crippen LogP contribution in [-0.4, -0.2) is 43.5 Å². The Kier molecular flexibility index (Phi) is 9.19. The van der Waals surface area contributed by atoms with Crippen LogP contribution in [0.25, 0.3) is 0 Å². The summed E-state index contributed by atoms with van der Waals surface area (Å²) in [5, 5.41) is 9.35. The first-order valence-corrected chi connectivity index (χ1v) is 11.7. The Hall–Kier alpha value is -0.525. The molecule has 0 radical (unpaired) electrons. The molecule has 0 bridgehead atoms. The zero-order valence-electron chi connectivity index (χ0n) is 16.0. The second-order valence-corrected chi connectivity index (χ2v) is 8.35. The van der Waals surface area contributed by atoms with Gasteiger partial charge in [0.25, 0.3) is 0 Å². The second kappa shape index (κ2) is 11.6. The maximum absolute atomic E-state index is 9.35. The molecule has 1 N–H and O–H groups in total. The molecule has 0 saturated carbocycles. The molecule has 2 aliphatic heterocycles. The standard InChI is InChI=1S/C20H27BO5PS/c1-14-9-17(6-8-24-21-27-28)25-19(10-14)12-18-5-7-23-20(26-18)16-4-2-3-15(11-16)13-22/h2-4,11,17-20,22H,1,5-10,12-13H2/q+1/t17-,18-,19+,20-/m0/s1. The monoisotopic (exact) mass is 421 g/mol. The number of aliphatic hydroxyl groups is 1. The van der Waals surface area contributed by atoms with Gasteiger partial charge in [-0.15, -0.1) is 0 Å². The average molecular weight is 421 g/mol. The molecular formula is C20H27BO5PS+. The molecule has 2 fully saturated rings. The molecule has 2 aliphatic rings. The molecule has 2 heterocycles. The number of hydrogen-bond donors (Lipinski definition) is 1. The Bertz CT molecular complexity index is 712. The van der Waals surface area contributed by atoms with E-state index in [0.717, 1.165) is 50.1 Å². The van der Waals surface area contributed by atoms with Crippen LogP contribution in [0.4, 0.5) is 0 Å². The van der Waals surface area contributed by atoms with Crippen molar-refractivity contribution in [3.05, 3.63) is 47.5 Å². The molecule has 1 aromatic rings. The van der Waals surface area contributed by atoms with E-state index in [1.54, 1.807) is 6.82 Å². The van der Waals surface area contributed by atoms with Crippen molar-refractivity contribution in [3.8, 4) is 0 Å². The van der Waals surface area contributed by atoms with Crippen LogP contribution in [0, 0.1) is 0 Å². The summed E-state index contributed by atoms with van der Waals surface area (Å²) in [5.41, 5.74) is 3.03. The van der Waals surface area contributed by atoms with Crippen molar-refractivity contribution in [1.82, 2.24) is 0 Å². The van der Waals surface area contributed by atoms with Crippen LogP contribution in [0.1, 0.15) is 49.5 Å². The molecule has 1 aromatic carbocycles. The van der Waals surface area contributed by atoms with Crippen molar-refractivity contribution < 1.29 is 24.0 Å². The third kappa shape index (κ3) is 6.77. The molecular weight excluding hydrogens is 394 g/mol. The number of benzene rings is 1. The number of rotatable bonds is 8. The van der Waals surface area contributed by atoms with Crippen LogP contribution < -0.4 is 0 Å². The van der Waals surface area contributed by atoms with Gasteiger partial charge < -0.3 is 5.11 Å². The van der Waals surface area contributed by atoms with E-state index >= 15 is 0 Å². The van der Waals surface area contributed by atoms with Gasteiger partial charge in [0.2, 0.25) is 0 Å². The molecule has 2 saturated heterocycles. The minimum absolute atomic E-state index is 0.0108.